The van der Waals surface area contributed by atoms with Crippen LogP contribution in [0.15, 0.2) is 54.7 Å². The van der Waals surface area contributed by atoms with Gasteiger partial charge in [-0.2, -0.15) is 5.32 Å². The summed E-state index contributed by atoms with van der Waals surface area (Å²) in [6.07, 6.45) is 9.24. The third kappa shape index (κ3) is 4.29. The number of anilines is 1. The van der Waals surface area contributed by atoms with E-state index in [9.17, 15) is 9.59 Å². The van der Waals surface area contributed by atoms with Crippen molar-refractivity contribution in [3.05, 3.63) is 60.3 Å². The number of ketones is 1. The topological polar surface area (TPSA) is 62.1 Å². The van der Waals surface area contributed by atoms with Gasteiger partial charge in [0, 0.05) is 17.2 Å². The highest BCUT2D eigenvalue weighted by Gasteiger charge is 2.52. The number of nitrogens with one attached hydrogen (secondary N) is 2. The molecule has 6 heteroatoms. The molecule has 30 heavy (non-hydrogen) atoms. The minimum atomic E-state index is -0.154. The molecular formula is C24H28BrN3O2. The van der Waals surface area contributed by atoms with Crippen LogP contribution in [0.3, 0.4) is 0 Å². The molecule has 1 heterocycles. The molecule has 1 aromatic heterocycles. The molecule has 2 amide bonds. The van der Waals surface area contributed by atoms with Gasteiger partial charge in [0.1, 0.15) is 0 Å². The van der Waals surface area contributed by atoms with Crippen molar-refractivity contribution in [2.24, 2.45) is 17.8 Å². The van der Waals surface area contributed by atoms with Gasteiger partial charge in [0.15, 0.2) is 6.54 Å². The van der Waals surface area contributed by atoms with Crippen LogP contribution in [-0.2, 0) is 6.54 Å². The second kappa shape index (κ2) is 8.50. The molecule has 5 nitrogen and oxygen atoms in total. The molecule has 4 saturated carbocycles. The van der Waals surface area contributed by atoms with Crippen molar-refractivity contribution in [1.29, 1.82) is 0 Å². The number of carbonyl (C=O) groups is 2. The van der Waals surface area contributed by atoms with Crippen molar-refractivity contribution in [2.75, 3.05) is 5.32 Å². The van der Waals surface area contributed by atoms with Crippen LogP contribution >= 0.6 is 0 Å². The molecule has 4 bridgehead atoms. The molecule has 0 saturated heterocycles. The lowest BCUT2D eigenvalue weighted by Crippen LogP contribution is -3.00. The molecule has 0 radical (unpaired) electrons. The van der Waals surface area contributed by atoms with Crippen molar-refractivity contribution in [3.8, 4) is 0 Å². The monoisotopic (exact) mass is 469 g/mol. The van der Waals surface area contributed by atoms with Gasteiger partial charge in [0.05, 0.1) is 6.20 Å². The molecule has 0 unspecified atom stereocenters. The number of halogens is 1. The van der Waals surface area contributed by atoms with Crippen molar-refractivity contribution < 1.29 is 31.1 Å². The van der Waals surface area contributed by atoms with Crippen LogP contribution in [0.25, 0.3) is 0 Å². The summed E-state index contributed by atoms with van der Waals surface area (Å²) >= 11 is 0. The van der Waals surface area contributed by atoms with Gasteiger partial charge in [-0.05, 0) is 62.3 Å². The number of amides is 2. The predicted octanol–water partition coefficient (Wildman–Crippen LogP) is 0.951. The van der Waals surface area contributed by atoms with Crippen molar-refractivity contribution in [1.82, 2.24) is 5.32 Å². The number of carbonyl (C=O) groups excluding carboxylic acids is 2. The van der Waals surface area contributed by atoms with E-state index in [2.05, 4.69) is 10.6 Å². The molecule has 0 spiro atoms. The zero-order chi connectivity index (χ0) is 19.8. The van der Waals surface area contributed by atoms with Crippen LogP contribution in [0.1, 0.15) is 48.9 Å². The van der Waals surface area contributed by atoms with Gasteiger partial charge >= 0.3 is 6.03 Å². The Morgan fingerprint density at radius 1 is 0.900 bits per heavy atom. The molecular weight excluding hydrogens is 442 g/mol. The summed E-state index contributed by atoms with van der Waals surface area (Å²) in [7, 11) is 0. The number of pyridine rings is 1. The molecule has 158 valence electrons. The lowest BCUT2D eigenvalue weighted by molar-refractivity contribution is -0.668. The van der Waals surface area contributed by atoms with Gasteiger partial charge in [-0.3, -0.25) is 4.79 Å². The fourth-order valence-electron chi connectivity index (χ4n) is 6.25. The van der Waals surface area contributed by atoms with Gasteiger partial charge < -0.3 is 22.3 Å². The average molecular weight is 470 g/mol. The van der Waals surface area contributed by atoms with Crippen LogP contribution in [-0.4, -0.2) is 17.4 Å². The van der Waals surface area contributed by atoms with E-state index in [4.69, 9.17) is 0 Å². The summed E-state index contributed by atoms with van der Waals surface area (Å²) in [5, 5.41) is 6.34. The number of Topliss-reactive ketones (excluding diaryl/α,β-unsaturated/α-hetero) is 1. The average Bonchev–Trinajstić information content (AvgIpc) is 2.68. The molecule has 4 aliphatic carbocycles. The SMILES string of the molecule is O=C(Nc1cccc[n+]1CC(=O)c1ccccc1)NC12CC3CC(CC(C3)C1)C2.[Br-]. The first-order valence-electron chi connectivity index (χ1n) is 10.7. The molecule has 0 aliphatic heterocycles. The fraction of sp³-hybridized carbons (Fsp3) is 0.458. The Kier molecular flexibility index (Phi) is 5.96. The summed E-state index contributed by atoms with van der Waals surface area (Å²) in [6.45, 7) is 0.192. The number of aromatic nitrogens is 1. The number of urea groups is 1. The number of hydrogen-bond donors (Lipinski definition) is 2. The maximum atomic E-state index is 12.9. The van der Waals surface area contributed by atoms with Crippen LogP contribution < -0.4 is 32.2 Å². The second-order valence-electron chi connectivity index (χ2n) is 9.28. The third-order valence-corrected chi connectivity index (χ3v) is 7.01. The molecule has 2 N–H and O–H groups in total. The van der Waals surface area contributed by atoms with Crippen LogP contribution in [0.4, 0.5) is 10.6 Å². The number of rotatable bonds is 5. The van der Waals surface area contributed by atoms with E-state index < -0.39 is 0 Å². The molecule has 6 rings (SSSR count). The van der Waals surface area contributed by atoms with E-state index in [1.165, 1.54) is 19.3 Å². The molecule has 4 aliphatic rings. The van der Waals surface area contributed by atoms with Crippen LogP contribution in [0, 0.1) is 17.8 Å². The summed E-state index contributed by atoms with van der Waals surface area (Å²) in [5.74, 6) is 3.01. The highest BCUT2D eigenvalue weighted by atomic mass is 79.9. The summed E-state index contributed by atoms with van der Waals surface area (Å²) < 4.78 is 1.80. The molecule has 4 fully saturated rings. The predicted molar refractivity (Wildman–Crippen MR) is 110 cm³/mol. The van der Waals surface area contributed by atoms with Gasteiger partial charge in [0.2, 0.25) is 5.78 Å². The largest absolute Gasteiger partial charge is 1.00 e. The highest BCUT2D eigenvalue weighted by molar-refractivity contribution is 5.95. The molecule has 2 aromatic rings. The van der Waals surface area contributed by atoms with Crippen molar-refractivity contribution in [2.45, 2.75) is 50.6 Å². The Balaban J connectivity index is 0.00000218. The Labute approximate surface area is 188 Å². The lowest BCUT2D eigenvalue weighted by atomic mass is 9.53. The second-order valence-corrected chi connectivity index (χ2v) is 9.28. The Morgan fingerprint density at radius 2 is 1.50 bits per heavy atom. The summed E-state index contributed by atoms with van der Waals surface area (Å²) in [6, 6.07) is 14.7. The zero-order valence-corrected chi connectivity index (χ0v) is 18.6. The van der Waals surface area contributed by atoms with E-state index in [1.54, 1.807) is 4.57 Å². The van der Waals surface area contributed by atoms with Crippen molar-refractivity contribution in [3.63, 3.8) is 0 Å². The fourth-order valence-corrected chi connectivity index (χ4v) is 6.25. The number of benzene rings is 1. The Morgan fingerprint density at radius 3 is 2.13 bits per heavy atom. The Hall–Kier alpha value is -2.21. The normalized spacial score (nSPS) is 28.5. The number of nitrogens with zero attached hydrogens (tertiary/aromatic N) is 1. The standard InChI is InChI=1S/C24H27N3O2.BrH/c28-21(20-6-2-1-3-7-20)16-27-9-5-4-8-22(27)25-23(29)26-24-13-17-10-18(14-24)12-19(11-17)15-24;/h1-9,17-19H,10-16H2,(H,26,29);1H. The highest BCUT2D eigenvalue weighted by Crippen LogP contribution is 2.55. The van der Waals surface area contributed by atoms with E-state index in [1.807, 2.05) is 54.7 Å². The minimum Gasteiger partial charge on any atom is -1.00 e. The maximum Gasteiger partial charge on any atom is 0.407 e. The number of hydrogen-bond acceptors (Lipinski definition) is 2. The minimum absolute atomic E-state index is 0. The first kappa shape index (κ1) is 21.0. The quantitative estimate of drug-likeness (QED) is 0.505. The Bertz CT molecular complexity index is 896. The smallest absolute Gasteiger partial charge is 0.407 e. The lowest BCUT2D eigenvalue weighted by Gasteiger charge is -2.56. The van der Waals surface area contributed by atoms with Gasteiger partial charge in [-0.25, -0.2) is 9.36 Å². The van der Waals surface area contributed by atoms with E-state index in [0.29, 0.717) is 11.4 Å². The third-order valence-electron chi connectivity index (χ3n) is 7.01. The summed E-state index contributed by atoms with van der Waals surface area (Å²) in [4.78, 5) is 25.5. The van der Waals surface area contributed by atoms with Crippen molar-refractivity contribution >= 4 is 17.6 Å². The summed E-state index contributed by atoms with van der Waals surface area (Å²) in [5.41, 5.74) is 0.644. The van der Waals surface area contributed by atoms with E-state index in [0.717, 1.165) is 37.0 Å². The van der Waals surface area contributed by atoms with Gasteiger partial charge in [-0.15, -0.1) is 0 Å². The van der Waals surface area contributed by atoms with Crippen LogP contribution in [0.5, 0.6) is 0 Å². The van der Waals surface area contributed by atoms with Gasteiger partial charge in [0.25, 0.3) is 5.82 Å². The first-order valence-corrected chi connectivity index (χ1v) is 10.7. The zero-order valence-electron chi connectivity index (χ0n) is 17.0. The first-order chi connectivity index (χ1) is 14.1. The van der Waals surface area contributed by atoms with Crippen LogP contribution in [0.2, 0.25) is 0 Å². The van der Waals surface area contributed by atoms with Gasteiger partial charge in [-0.1, -0.05) is 36.4 Å². The van der Waals surface area contributed by atoms with E-state index >= 15 is 0 Å². The molecule has 1 aromatic carbocycles. The molecule has 0 atom stereocenters. The maximum absolute atomic E-state index is 12.9. The van der Waals surface area contributed by atoms with E-state index in [-0.39, 0.29) is 40.9 Å².